The molecular weight excluding hydrogens is 483 g/mol. The number of hydrogen-bond donors (Lipinski definition) is 5. The van der Waals surface area contributed by atoms with Gasteiger partial charge in [0, 0.05) is 48.9 Å². The van der Waals surface area contributed by atoms with Gasteiger partial charge in [0.25, 0.3) is 8.53 Å². The second-order valence-electron chi connectivity index (χ2n) is 7.73. The second kappa shape index (κ2) is 44.6. The van der Waals surface area contributed by atoms with E-state index in [1.807, 2.05) is 0 Å². The second-order valence-corrected chi connectivity index (χ2v) is 9.19. The van der Waals surface area contributed by atoms with Crippen molar-refractivity contribution in [2.75, 3.05) is 47.3 Å². The van der Waals surface area contributed by atoms with Crippen LogP contribution in [0.1, 0.15) is 108 Å². The molecule has 0 fully saturated rings. The predicted molar refractivity (Wildman–Crippen MR) is 152 cm³/mol. The van der Waals surface area contributed by atoms with Crippen molar-refractivity contribution in [3.8, 4) is 6.07 Å². The topological polar surface area (TPSA) is 147 Å². The molecule has 1 atom stereocenters. The van der Waals surface area contributed by atoms with Crippen LogP contribution >= 0.6 is 8.53 Å². The minimum Gasteiger partial charge on any atom is -0.400 e. The predicted octanol–water partition coefficient (Wildman–Crippen LogP) is 5.00. The normalized spacial score (nSPS) is 12.1. The van der Waals surface area contributed by atoms with Crippen molar-refractivity contribution < 1.29 is 37.3 Å². The molecule has 9 nitrogen and oxygen atoms in total. The zero-order valence-corrected chi connectivity index (χ0v) is 24.9. The van der Waals surface area contributed by atoms with E-state index < -0.39 is 8.53 Å². The average molecular weight is 551 g/mol. The van der Waals surface area contributed by atoms with Gasteiger partial charge in [0.1, 0.15) is 0 Å². The van der Waals surface area contributed by atoms with Crippen molar-refractivity contribution in [1.29, 1.82) is 8.12 Å². The van der Waals surface area contributed by atoms with Crippen LogP contribution in [0.4, 0.5) is 0 Å². The minimum atomic E-state index is -1.10. The maximum absolute atomic E-state index is 8.61. The van der Waals surface area contributed by atoms with E-state index >= 15 is 0 Å². The van der Waals surface area contributed by atoms with Gasteiger partial charge >= 0.3 is 0 Å². The summed E-state index contributed by atoms with van der Waals surface area (Å²) in [7, 11) is 1.48. The Morgan fingerprint density at radius 2 is 1.22 bits per heavy atom. The van der Waals surface area contributed by atoms with Crippen LogP contribution in [0.15, 0.2) is 0 Å². The van der Waals surface area contributed by atoms with E-state index in [0.29, 0.717) is 45.5 Å². The lowest BCUT2D eigenvalue weighted by Crippen LogP contribution is -2.33. The molecule has 0 aliphatic rings. The first-order valence-electron chi connectivity index (χ1n) is 15.0. The third-order valence-corrected chi connectivity index (χ3v) is 6.09. The fraction of sp³-hybridized carbons (Fsp3) is 0.962. The number of nitrogens with zero attached hydrogens (tertiary/aromatic N) is 2. The summed E-state index contributed by atoms with van der Waals surface area (Å²) in [5.74, 6) is 0. The Hall–Kier alpha value is -0.400. The van der Waals surface area contributed by atoms with Crippen molar-refractivity contribution in [2.24, 2.45) is 0 Å². The molecule has 0 radical (unpaired) electrons. The van der Waals surface area contributed by atoms with E-state index in [-0.39, 0.29) is 19.8 Å². The van der Waals surface area contributed by atoms with Gasteiger partial charge in [-0.15, -0.1) is 0 Å². The standard InChI is InChI=1S/C14H29N2O2P.C5H12O2.C5H12O.2CH4O/c1-6-7-8-11-17-19(18-12-9-10-15)16(13(2)3)14(4)5;6-4-2-1-3-5-7;1-2-3-4-5-6;2*1-2/h13-14H,6-9,11-12H2,1-5H3;6-7H,1-5H2;6H,2-5H2,1H3;2*2H,1H3/i1D;;1D;2*2T. The molecule has 0 aromatic carbocycles. The highest BCUT2D eigenvalue weighted by molar-refractivity contribution is 7.44. The van der Waals surface area contributed by atoms with E-state index in [1.54, 1.807) is 0 Å². The van der Waals surface area contributed by atoms with Crippen molar-refractivity contribution >= 4 is 8.53 Å². The summed E-state index contributed by atoms with van der Waals surface area (Å²) < 4.78 is 39.2. The maximum atomic E-state index is 8.61. The Kier molecular flexibility index (Phi) is 44.1. The fourth-order valence-corrected chi connectivity index (χ4v) is 4.05. The summed E-state index contributed by atoms with van der Waals surface area (Å²) in [6.45, 7) is 11.4. The Morgan fingerprint density at radius 1 is 0.806 bits per heavy atom. The van der Waals surface area contributed by atoms with Gasteiger partial charge in [-0.25, -0.2) is 4.67 Å². The Balaban J connectivity index is -0.000000166. The Bertz CT molecular complexity index is 432. The SMILES string of the molecule is OCCCCCO.[2H]CCCCCO.[2H]CCCCCOP(OCCC#N)N(C(C)C)C(C)C.[3H]OC.[3H]OC. The van der Waals surface area contributed by atoms with Gasteiger partial charge in [0.05, 0.1) is 25.7 Å². The largest absolute Gasteiger partial charge is 0.400 e. The van der Waals surface area contributed by atoms with Gasteiger partial charge in [-0.2, -0.15) is 5.26 Å². The van der Waals surface area contributed by atoms with Crippen LogP contribution in [0.25, 0.3) is 0 Å². The molecule has 0 spiro atoms. The van der Waals surface area contributed by atoms with Crippen LogP contribution in [-0.2, 0) is 9.05 Å². The summed E-state index contributed by atoms with van der Waals surface area (Å²) in [6, 6.07) is 2.78. The van der Waals surface area contributed by atoms with Crippen molar-refractivity contribution in [2.45, 2.75) is 118 Å². The van der Waals surface area contributed by atoms with Crippen LogP contribution in [-0.4, -0.2) is 92.4 Å². The van der Waals surface area contributed by atoms with Crippen LogP contribution < -0.4 is 0 Å². The molecule has 0 bridgehead atoms. The lowest BCUT2D eigenvalue weighted by atomic mass is 10.2. The molecule has 0 rings (SSSR count). The molecule has 0 saturated heterocycles. The molecular formula is C26H61N2O7P. The van der Waals surface area contributed by atoms with Crippen molar-refractivity contribution in [3.63, 3.8) is 0 Å². The average Bonchev–Trinajstić information content (AvgIpc) is 2.90. The number of rotatable bonds is 18. The highest BCUT2D eigenvalue weighted by Crippen LogP contribution is 2.46. The quantitative estimate of drug-likeness (QED) is 0.117. The molecule has 0 aromatic heterocycles. The third kappa shape index (κ3) is 40.8. The molecule has 0 aliphatic carbocycles. The Morgan fingerprint density at radius 3 is 1.61 bits per heavy atom. The lowest BCUT2D eigenvalue weighted by molar-refractivity contribution is 0.174. The van der Waals surface area contributed by atoms with E-state index in [9.17, 15) is 0 Å². The molecule has 0 saturated carbocycles. The van der Waals surface area contributed by atoms with Gasteiger partial charge < -0.3 is 34.6 Å². The van der Waals surface area contributed by atoms with Crippen LogP contribution in [0.5, 0.6) is 0 Å². The van der Waals surface area contributed by atoms with Gasteiger partial charge in [-0.3, -0.25) is 0 Å². The van der Waals surface area contributed by atoms with Gasteiger partial charge in [-0.1, -0.05) is 39.5 Å². The van der Waals surface area contributed by atoms with E-state index in [1.165, 1.54) is 14.2 Å². The summed E-state index contributed by atoms with van der Waals surface area (Å²) in [4.78, 5) is 0. The van der Waals surface area contributed by atoms with Gasteiger partial charge in [0.2, 0.25) is 2.86 Å². The number of aliphatic hydroxyl groups is 5. The van der Waals surface area contributed by atoms with Gasteiger partial charge in [-0.05, 0) is 59.8 Å². The van der Waals surface area contributed by atoms with Crippen LogP contribution in [0.2, 0.25) is 0 Å². The van der Waals surface area contributed by atoms with E-state index in [4.69, 9.17) is 35.2 Å². The maximum Gasteiger partial charge on any atom is 0.259 e. The van der Waals surface area contributed by atoms with Crippen molar-refractivity contribution in [1.82, 2.24) is 4.67 Å². The molecule has 10 heteroatoms. The first-order valence-corrected chi connectivity index (χ1v) is 13.9. The zero-order chi connectivity index (χ0) is 31.9. The molecule has 5 N–H and O–H groups in total. The van der Waals surface area contributed by atoms with Crippen LogP contribution in [0, 0.1) is 11.3 Å². The van der Waals surface area contributed by atoms with E-state index in [2.05, 4.69) is 48.7 Å². The van der Waals surface area contributed by atoms with Gasteiger partial charge in [0.15, 0.2) is 0 Å². The Labute approximate surface area is 230 Å². The van der Waals surface area contributed by atoms with E-state index in [0.717, 1.165) is 57.8 Å². The zero-order valence-electron chi connectivity index (χ0n) is 28.0. The molecule has 0 aromatic rings. The molecule has 222 valence electrons. The molecule has 1 unspecified atom stereocenters. The minimum absolute atomic E-state index is 0.250. The first-order chi connectivity index (χ1) is 19.2. The summed E-state index contributed by atoms with van der Waals surface area (Å²) in [5.41, 5.74) is 0. The highest BCUT2D eigenvalue weighted by Gasteiger charge is 2.26. The first kappa shape index (κ1) is 35.6. The van der Waals surface area contributed by atoms with Crippen LogP contribution in [0.3, 0.4) is 0 Å². The summed E-state index contributed by atoms with van der Waals surface area (Å²) >= 11 is 0. The summed E-state index contributed by atoms with van der Waals surface area (Å²) in [5, 5.41) is 40.3. The number of aliphatic hydroxyl groups excluding tert-OH is 5. The molecule has 0 amide bonds. The number of hydrogen-bond acceptors (Lipinski definition) is 9. The fourth-order valence-electron chi connectivity index (χ4n) is 2.42. The third-order valence-electron chi connectivity index (χ3n) is 3.98. The molecule has 0 aliphatic heterocycles. The smallest absolute Gasteiger partial charge is 0.259 e. The molecule has 36 heavy (non-hydrogen) atoms. The number of nitriles is 1. The van der Waals surface area contributed by atoms with Crippen molar-refractivity contribution in [3.05, 3.63) is 0 Å². The highest BCUT2D eigenvalue weighted by atomic mass is 31.2. The monoisotopic (exact) mass is 550 g/mol. The number of unbranched alkanes of at least 4 members (excludes halogenated alkanes) is 6. The lowest BCUT2D eigenvalue weighted by Gasteiger charge is -2.35. The molecule has 0 heterocycles. The summed E-state index contributed by atoms with van der Waals surface area (Å²) in [6.07, 6.45) is 8.67.